The lowest BCUT2D eigenvalue weighted by molar-refractivity contribution is -0.124. The molecule has 178 valence electrons. The molecular weight excluding hydrogens is 500 g/mol. The van der Waals surface area contributed by atoms with Crippen LogP contribution in [-0.4, -0.2) is 60.9 Å². The molecule has 3 heterocycles. The molecule has 2 aliphatic heterocycles. The van der Waals surface area contributed by atoms with Gasteiger partial charge in [0.15, 0.2) is 0 Å². The van der Waals surface area contributed by atoms with E-state index >= 15 is 0 Å². The molecule has 1 aromatic heterocycles. The number of hydrazone groups is 1. The van der Waals surface area contributed by atoms with Crippen LogP contribution < -0.4 is 11.1 Å². The molecule has 2 aliphatic rings. The Hall–Kier alpha value is -3.24. The van der Waals surface area contributed by atoms with Crippen molar-refractivity contribution in [2.75, 3.05) is 26.8 Å². The SMILES string of the molecule is CCC(CCNC(=O)COC)OC1=NC2=C(c3cnc4ccccc4c3)C=NN(C2)C(N)=C1Br. The lowest BCUT2D eigenvalue weighted by Gasteiger charge is -2.22. The fourth-order valence-electron chi connectivity index (χ4n) is 3.70. The van der Waals surface area contributed by atoms with Crippen LogP contribution in [0.15, 0.2) is 62.6 Å². The van der Waals surface area contributed by atoms with E-state index in [1.807, 2.05) is 37.4 Å². The van der Waals surface area contributed by atoms with Gasteiger partial charge in [-0.15, -0.1) is 0 Å². The largest absolute Gasteiger partial charge is 0.473 e. The van der Waals surface area contributed by atoms with Crippen LogP contribution >= 0.6 is 15.9 Å². The van der Waals surface area contributed by atoms with Crippen molar-refractivity contribution in [2.45, 2.75) is 25.9 Å². The average Bonchev–Trinajstić information content (AvgIpc) is 2.94. The van der Waals surface area contributed by atoms with Crippen LogP contribution in [0, 0.1) is 0 Å². The number of halogens is 1. The Morgan fingerprint density at radius 2 is 2.18 bits per heavy atom. The molecule has 1 atom stereocenters. The summed E-state index contributed by atoms with van der Waals surface area (Å²) in [7, 11) is 1.49. The highest BCUT2D eigenvalue weighted by Crippen LogP contribution is 2.31. The molecule has 2 bridgehead atoms. The number of carbonyl (C=O) groups excluding carboxylic acids is 1. The van der Waals surface area contributed by atoms with E-state index in [0.29, 0.717) is 35.7 Å². The number of fused-ring (bicyclic) bond motifs is 3. The summed E-state index contributed by atoms with van der Waals surface area (Å²) in [6.07, 6.45) is 4.78. The molecule has 1 amide bonds. The van der Waals surface area contributed by atoms with E-state index in [-0.39, 0.29) is 18.6 Å². The first-order chi connectivity index (χ1) is 16.5. The topological polar surface area (TPSA) is 114 Å². The molecule has 10 heteroatoms. The second kappa shape index (κ2) is 10.8. The predicted molar refractivity (Wildman–Crippen MR) is 136 cm³/mol. The molecular formula is C24H27BrN6O3. The van der Waals surface area contributed by atoms with Gasteiger partial charge in [-0.05, 0) is 34.5 Å². The van der Waals surface area contributed by atoms with Gasteiger partial charge < -0.3 is 20.5 Å². The maximum atomic E-state index is 11.7. The molecule has 2 aromatic rings. The Morgan fingerprint density at radius 3 is 2.97 bits per heavy atom. The van der Waals surface area contributed by atoms with E-state index in [9.17, 15) is 4.79 Å². The van der Waals surface area contributed by atoms with Gasteiger partial charge in [-0.1, -0.05) is 25.1 Å². The molecule has 0 aliphatic carbocycles. The maximum Gasteiger partial charge on any atom is 0.245 e. The lowest BCUT2D eigenvalue weighted by Crippen LogP contribution is -2.31. The average molecular weight is 527 g/mol. The Labute approximate surface area is 206 Å². The number of nitrogens with zero attached hydrogens (tertiary/aromatic N) is 4. The number of ether oxygens (including phenoxy) is 2. The third kappa shape index (κ3) is 5.28. The number of pyridine rings is 1. The quantitative estimate of drug-likeness (QED) is 0.546. The summed E-state index contributed by atoms with van der Waals surface area (Å²) in [6, 6.07) is 10.0. The number of allylic oxidation sites excluding steroid dienone is 1. The van der Waals surface area contributed by atoms with Crippen LogP contribution in [0.3, 0.4) is 0 Å². The second-order valence-corrected chi connectivity index (χ2v) is 8.71. The van der Waals surface area contributed by atoms with E-state index in [0.717, 1.165) is 34.2 Å². The van der Waals surface area contributed by atoms with E-state index < -0.39 is 0 Å². The van der Waals surface area contributed by atoms with Crippen molar-refractivity contribution in [3.63, 3.8) is 0 Å². The Kier molecular flexibility index (Phi) is 7.59. The molecule has 0 radical (unpaired) electrons. The van der Waals surface area contributed by atoms with E-state index in [1.54, 1.807) is 11.2 Å². The predicted octanol–water partition coefficient (Wildman–Crippen LogP) is 3.13. The van der Waals surface area contributed by atoms with Crippen LogP contribution in [0.5, 0.6) is 0 Å². The first kappa shape index (κ1) is 23.9. The van der Waals surface area contributed by atoms with Gasteiger partial charge in [0.05, 0.1) is 24.0 Å². The summed E-state index contributed by atoms with van der Waals surface area (Å²) in [5.41, 5.74) is 9.84. The van der Waals surface area contributed by atoms with Gasteiger partial charge in [0.1, 0.15) is 23.0 Å². The van der Waals surface area contributed by atoms with Gasteiger partial charge in [-0.25, -0.2) is 10.0 Å². The number of amides is 1. The smallest absolute Gasteiger partial charge is 0.245 e. The van der Waals surface area contributed by atoms with Gasteiger partial charge in [-0.3, -0.25) is 9.78 Å². The van der Waals surface area contributed by atoms with Crippen molar-refractivity contribution >= 4 is 50.4 Å². The monoisotopic (exact) mass is 526 g/mol. The maximum absolute atomic E-state index is 11.7. The molecule has 4 rings (SSSR count). The highest BCUT2D eigenvalue weighted by atomic mass is 79.9. The minimum atomic E-state index is -0.165. The highest BCUT2D eigenvalue weighted by Gasteiger charge is 2.27. The summed E-state index contributed by atoms with van der Waals surface area (Å²) in [6.45, 7) is 2.94. The lowest BCUT2D eigenvalue weighted by atomic mass is 10.0. The summed E-state index contributed by atoms with van der Waals surface area (Å²) in [5, 5.41) is 10.1. The third-order valence-corrected chi connectivity index (χ3v) is 6.31. The van der Waals surface area contributed by atoms with Crippen LogP contribution in [0.2, 0.25) is 0 Å². The number of hydrogen-bond donors (Lipinski definition) is 2. The van der Waals surface area contributed by atoms with E-state index in [1.165, 1.54) is 7.11 Å². The number of aromatic nitrogens is 1. The van der Waals surface area contributed by atoms with E-state index in [2.05, 4.69) is 37.4 Å². The number of hydrogen-bond acceptors (Lipinski definition) is 8. The molecule has 9 nitrogen and oxygen atoms in total. The Morgan fingerprint density at radius 1 is 1.35 bits per heavy atom. The number of rotatable bonds is 8. The summed E-state index contributed by atoms with van der Waals surface area (Å²) < 4.78 is 11.6. The van der Waals surface area contributed by atoms with Crippen molar-refractivity contribution in [3.05, 3.63) is 58.1 Å². The van der Waals surface area contributed by atoms with Crippen molar-refractivity contribution in [1.29, 1.82) is 0 Å². The number of benzene rings is 1. The number of carbonyl (C=O) groups is 1. The normalized spacial score (nSPS) is 16.4. The molecule has 3 N–H and O–H groups in total. The second-order valence-electron chi connectivity index (χ2n) is 7.92. The molecule has 1 unspecified atom stereocenters. The van der Waals surface area contributed by atoms with Crippen molar-refractivity contribution in [2.24, 2.45) is 15.8 Å². The Bertz CT molecular complexity index is 1210. The fraction of sp³-hybridized carbons (Fsp3) is 0.333. The molecule has 0 saturated heterocycles. The molecule has 0 fully saturated rings. The first-order valence-electron chi connectivity index (χ1n) is 11.1. The van der Waals surface area contributed by atoms with Gasteiger partial charge in [0.2, 0.25) is 11.8 Å². The first-order valence-corrected chi connectivity index (χ1v) is 11.9. The highest BCUT2D eigenvalue weighted by molar-refractivity contribution is 9.12. The van der Waals surface area contributed by atoms with Crippen LogP contribution in [0.1, 0.15) is 25.3 Å². The number of nitrogens with two attached hydrogens (primary N) is 1. The summed E-state index contributed by atoms with van der Waals surface area (Å²) in [5.74, 6) is 0.651. The summed E-state index contributed by atoms with van der Waals surface area (Å²) in [4.78, 5) is 21.1. The van der Waals surface area contributed by atoms with Gasteiger partial charge in [0.25, 0.3) is 0 Å². The molecule has 0 spiro atoms. The molecule has 1 aromatic carbocycles. The van der Waals surface area contributed by atoms with Crippen LogP contribution in [0.4, 0.5) is 0 Å². The molecule has 34 heavy (non-hydrogen) atoms. The number of para-hydroxylation sites is 1. The fourth-order valence-corrected chi connectivity index (χ4v) is 4.09. The standard InChI is InChI=1S/C24H27BrN6O3/c1-3-17(8-9-27-21(32)14-33-2)34-24-22(25)23(26)31-13-20(30-24)18(12-29-31)16-10-15-6-4-5-7-19(15)28-11-16/h4-7,10-12,17H,3,8-9,13-14,26H2,1-2H3,(H,27,32). The third-order valence-electron chi connectivity index (χ3n) is 5.56. The Balaban J connectivity index is 1.61. The van der Waals surface area contributed by atoms with Crippen LogP contribution in [-0.2, 0) is 14.3 Å². The van der Waals surface area contributed by atoms with Crippen molar-refractivity contribution in [1.82, 2.24) is 15.3 Å². The van der Waals surface area contributed by atoms with Gasteiger partial charge in [0, 0.05) is 42.8 Å². The van der Waals surface area contributed by atoms with Crippen molar-refractivity contribution in [3.8, 4) is 0 Å². The summed E-state index contributed by atoms with van der Waals surface area (Å²) >= 11 is 3.55. The van der Waals surface area contributed by atoms with Gasteiger partial charge >= 0.3 is 0 Å². The number of nitrogens with one attached hydrogen (secondary N) is 1. The zero-order valence-corrected chi connectivity index (χ0v) is 20.7. The van der Waals surface area contributed by atoms with Crippen LogP contribution in [0.25, 0.3) is 16.5 Å². The number of aliphatic imine (C=N–C) groups is 1. The molecule has 0 saturated carbocycles. The zero-order valence-electron chi connectivity index (χ0n) is 19.1. The van der Waals surface area contributed by atoms with Gasteiger partial charge in [-0.2, -0.15) is 5.10 Å². The zero-order chi connectivity index (χ0) is 24.1. The van der Waals surface area contributed by atoms with E-state index in [4.69, 9.17) is 20.2 Å². The minimum Gasteiger partial charge on any atom is -0.473 e. The minimum absolute atomic E-state index is 0.0333. The number of methoxy groups -OCH3 is 1. The van der Waals surface area contributed by atoms with Crippen molar-refractivity contribution < 1.29 is 14.3 Å².